The second kappa shape index (κ2) is 4.94. The highest BCUT2D eigenvalue weighted by Gasteiger charge is 2.09. The van der Waals surface area contributed by atoms with Crippen LogP contribution < -0.4 is 0 Å². The monoisotopic (exact) mass is 254 g/mol. The van der Waals surface area contributed by atoms with Crippen molar-refractivity contribution in [1.29, 1.82) is 0 Å². The average molecular weight is 255 g/mol. The molecule has 1 aliphatic rings. The van der Waals surface area contributed by atoms with Crippen LogP contribution in [0.25, 0.3) is 0 Å². The first-order valence-corrected chi connectivity index (χ1v) is 6.26. The summed E-state index contributed by atoms with van der Waals surface area (Å²) in [6, 6.07) is 6.80. The number of fused-ring (bicyclic) bond motifs is 1. The molecule has 0 fully saturated rings. The molecule has 0 atom stereocenters. The largest absolute Gasteiger partial charge is 0.376 e. The first-order chi connectivity index (χ1) is 6.90. The molecule has 0 aromatic heterocycles. The Bertz CT molecular complexity index is 309. The molecule has 0 aliphatic carbocycles. The molecule has 2 heteroatoms. The molecular weight excluding hydrogens is 240 g/mol. The van der Waals surface area contributed by atoms with Crippen molar-refractivity contribution in [3.8, 4) is 0 Å². The van der Waals surface area contributed by atoms with E-state index >= 15 is 0 Å². The highest BCUT2D eigenvalue weighted by molar-refractivity contribution is 9.09. The van der Waals surface area contributed by atoms with Gasteiger partial charge in [-0.1, -0.05) is 34.1 Å². The van der Waals surface area contributed by atoms with E-state index in [0.29, 0.717) is 0 Å². The van der Waals surface area contributed by atoms with Gasteiger partial charge in [-0.2, -0.15) is 0 Å². The summed E-state index contributed by atoms with van der Waals surface area (Å²) in [5, 5.41) is 1.09. The van der Waals surface area contributed by atoms with Gasteiger partial charge in [0.2, 0.25) is 0 Å². The van der Waals surface area contributed by atoms with Gasteiger partial charge in [0.1, 0.15) is 0 Å². The molecule has 1 aliphatic heterocycles. The zero-order valence-corrected chi connectivity index (χ0v) is 9.85. The Balaban J connectivity index is 2.12. The number of rotatable bonds is 3. The predicted molar refractivity (Wildman–Crippen MR) is 61.9 cm³/mol. The van der Waals surface area contributed by atoms with Crippen LogP contribution in [-0.2, 0) is 24.2 Å². The Morgan fingerprint density at radius 3 is 3.07 bits per heavy atom. The second-order valence-electron chi connectivity index (χ2n) is 3.70. The lowest BCUT2D eigenvalue weighted by atomic mass is 9.98. The normalized spacial score (nSPS) is 15.2. The van der Waals surface area contributed by atoms with Gasteiger partial charge in [0, 0.05) is 5.33 Å². The summed E-state index contributed by atoms with van der Waals surface area (Å²) in [6.45, 7) is 1.68. The van der Waals surface area contributed by atoms with Crippen LogP contribution in [0.5, 0.6) is 0 Å². The third kappa shape index (κ3) is 2.37. The van der Waals surface area contributed by atoms with Crippen LogP contribution in [0, 0.1) is 0 Å². The number of halogens is 1. The summed E-state index contributed by atoms with van der Waals surface area (Å²) in [5.74, 6) is 0. The fourth-order valence-corrected chi connectivity index (χ4v) is 2.12. The van der Waals surface area contributed by atoms with Crippen molar-refractivity contribution in [3.63, 3.8) is 0 Å². The molecule has 1 aromatic carbocycles. The molecule has 1 aromatic rings. The minimum atomic E-state index is 0.800. The van der Waals surface area contributed by atoms with E-state index in [9.17, 15) is 0 Å². The van der Waals surface area contributed by atoms with E-state index in [1.165, 1.54) is 29.5 Å². The summed E-state index contributed by atoms with van der Waals surface area (Å²) in [6.07, 6.45) is 3.48. The molecule has 76 valence electrons. The van der Waals surface area contributed by atoms with Crippen LogP contribution >= 0.6 is 15.9 Å². The van der Waals surface area contributed by atoms with Crippen LogP contribution in [0.4, 0.5) is 0 Å². The Morgan fingerprint density at radius 2 is 2.21 bits per heavy atom. The Morgan fingerprint density at radius 1 is 1.29 bits per heavy atom. The molecule has 0 amide bonds. The van der Waals surface area contributed by atoms with E-state index in [4.69, 9.17) is 4.74 Å². The van der Waals surface area contributed by atoms with E-state index in [0.717, 1.165) is 25.0 Å². The van der Waals surface area contributed by atoms with Crippen LogP contribution in [0.2, 0.25) is 0 Å². The summed E-state index contributed by atoms with van der Waals surface area (Å²) in [7, 11) is 0. The molecule has 0 bridgehead atoms. The first kappa shape index (κ1) is 10.2. The number of alkyl halides is 1. The molecule has 0 saturated carbocycles. The minimum Gasteiger partial charge on any atom is -0.376 e. The van der Waals surface area contributed by atoms with Gasteiger partial charge in [0.05, 0.1) is 13.2 Å². The SMILES string of the molecule is BrCCCc1ccc2c(c1)CCOC2. The van der Waals surface area contributed by atoms with Gasteiger partial charge >= 0.3 is 0 Å². The quantitative estimate of drug-likeness (QED) is 0.754. The number of hydrogen-bond acceptors (Lipinski definition) is 1. The third-order valence-electron chi connectivity index (χ3n) is 2.64. The van der Waals surface area contributed by atoms with Gasteiger partial charge in [0.25, 0.3) is 0 Å². The average Bonchev–Trinajstić information content (AvgIpc) is 2.26. The van der Waals surface area contributed by atoms with E-state index in [1.807, 2.05) is 0 Å². The molecule has 0 radical (unpaired) electrons. The molecular formula is C12H15BrO. The highest BCUT2D eigenvalue weighted by atomic mass is 79.9. The van der Waals surface area contributed by atoms with Gasteiger partial charge in [-0.05, 0) is 36.0 Å². The summed E-state index contributed by atoms with van der Waals surface area (Å²) >= 11 is 3.46. The molecule has 0 unspecified atom stereocenters. The zero-order valence-electron chi connectivity index (χ0n) is 8.26. The highest BCUT2D eigenvalue weighted by Crippen LogP contribution is 2.19. The first-order valence-electron chi connectivity index (χ1n) is 5.14. The van der Waals surface area contributed by atoms with Crippen LogP contribution in [-0.4, -0.2) is 11.9 Å². The third-order valence-corrected chi connectivity index (χ3v) is 3.20. The lowest BCUT2D eigenvalue weighted by Crippen LogP contribution is -2.10. The zero-order chi connectivity index (χ0) is 9.80. The summed E-state index contributed by atoms with van der Waals surface area (Å²) < 4.78 is 5.41. The Labute approximate surface area is 93.6 Å². The topological polar surface area (TPSA) is 9.23 Å². The van der Waals surface area contributed by atoms with Crippen molar-refractivity contribution >= 4 is 15.9 Å². The van der Waals surface area contributed by atoms with Crippen molar-refractivity contribution in [1.82, 2.24) is 0 Å². The van der Waals surface area contributed by atoms with Crippen molar-refractivity contribution in [2.45, 2.75) is 25.9 Å². The molecule has 14 heavy (non-hydrogen) atoms. The minimum absolute atomic E-state index is 0.800. The Kier molecular flexibility index (Phi) is 3.60. The van der Waals surface area contributed by atoms with Crippen molar-refractivity contribution in [3.05, 3.63) is 34.9 Å². The Hall–Kier alpha value is -0.340. The molecule has 0 N–H and O–H groups in total. The summed E-state index contributed by atoms with van der Waals surface area (Å²) in [4.78, 5) is 0. The van der Waals surface area contributed by atoms with Crippen LogP contribution in [0.15, 0.2) is 18.2 Å². The number of hydrogen-bond donors (Lipinski definition) is 0. The molecule has 1 heterocycles. The van der Waals surface area contributed by atoms with Crippen molar-refractivity contribution < 1.29 is 4.74 Å². The van der Waals surface area contributed by atoms with Crippen LogP contribution in [0.1, 0.15) is 23.1 Å². The van der Waals surface area contributed by atoms with Gasteiger partial charge in [-0.15, -0.1) is 0 Å². The molecule has 1 nitrogen and oxygen atoms in total. The molecule has 0 saturated heterocycles. The predicted octanol–water partition coefficient (Wildman–Crippen LogP) is 3.09. The maximum Gasteiger partial charge on any atom is 0.0719 e. The number of aryl methyl sites for hydroxylation is 1. The van der Waals surface area contributed by atoms with Gasteiger partial charge in [-0.3, -0.25) is 0 Å². The maximum absolute atomic E-state index is 5.41. The number of ether oxygens (including phenoxy) is 1. The molecule has 2 rings (SSSR count). The fourth-order valence-electron chi connectivity index (χ4n) is 1.84. The van der Waals surface area contributed by atoms with E-state index < -0.39 is 0 Å². The van der Waals surface area contributed by atoms with Gasteiger partial charge in [-0.25, -0.2) is 0 Å². The smallest absolute Gasteiger partial charge is 0.0719 e. The lowest BCUT2D eigenvalue weighted by Gasteiger charge is -2.17. The van der Waals surface area contributed by atoms with E-state index in [2.05, 4.69) is 34.1 Å². The van der Waals surface area contributed by atoms with Gasteiger partial charge < -0.3 is 4.74 Å². The lowest BCUT2D eigenvalue weighted by molar-refractivity contribution is 0.110. The second-order valence-corrected chi connectivity index (χ2v) is 4.49. The van der Waals surface area contributed by atoms with Crippen LogP contribution in [0.3, 0.4) is 0 Å². The van der Waals surface area contributed by atoms with Crippen molar-refractivity contribution in [2.24, 2.45) is 0 Å². The fraction of sp³-hybridized carbons (Fsp3) is 0.500. The van der Waals surface area contributed by atoms with E-state index in [-0.39, 0.29) is 0 Å². The molecule has 0 spiro atoms. The van der Waals surface area contributed by atoms with Crippen molar-refractivity contribution in [2.75, 3.05) is 11.9 Å². The summed E-state index contributed by atoms with van der Waals surface area (Å²) in [5.41, 5.74) is 4.33. The standard InChI is InChI=1S/C12H15BrO/c13-6-1-2-10-3-4-12-9-14-7-5-11(12)8-10/h3-4,8H,1-2,5-7,9H2. The van der Waals surface area contributed by atoms with Gasteiger partial charge in [0.15, 0.2) is 0 Å². The van der Waals surface area contributed by atoms with E-state index in [1.54, 1.807) is 0 Å². The maximum atomic E-state index is 5.41. The number of benzene rings is 1.